The summed E-state index contributed by atoms with van der Waals surface area (Å²) in [6.07, 6.45) is 0. The first-order chi connectivity index (χ1) is 10.1. The number of phenols is 1. The Morgan fingerprint density at radius 2 is 1.71 bits per heavy atom. The fourth-order valence-electron chi connectivity index (χ4n) is 2.56. The Labute approximate surface area is 125 Å². The number of hydrogen-bond acceptors (Lipinski definition) is 4. The Balaban J connectivity index is 2.33. The molecule has 2 aromatic carbocycles. The number of rotatable bonds is 2. The molecule has 0 bridgehead atoms. The van der Waals surface area contributed by atoms with E-state index in [0.29, 0.717) is 11.3 Å². The normalized spacial score (nSPS) is 12.9. The summed E-state index contributed by atoms with van der Waals surface area (Å²) in [6.45, 7) is 0. The number of benzene rings is 2. The molecule has 0 amide bonds. The van der Waals surface area contributed by atoms with Crippen LogP contribution in [0.15, 0.2) is 30.3 Å². The molecule has 1 aliphatic rings. The van der Waals surface area contributed by atoms with Gasteiger partial charge in [0.15, 0.2) is 11.6 Å². The topological polar surface area (TPSA) is 63.6 Å². The van der Waals surface area contributed by atoms with Crippen LogP contribution in [0.1, 0.15) is 37.4 Å². The van der Waals surface area contributed by atoms with Crippen LogP contribution >= 0.6 is 11.6 Å². The zero-order chi connectivity index (χ0) is 15.1. The summed E-state index contributed by atoms with van der Waals surface area (Å²) in [5.41, 5.74) is 1.06. The van der Waals surface area contributed by atoms with Gasteiger partial charge in [-0.25, -0.2) is 0 Å². The molecule has 4 nitrogen and oxygen atoms in total. The molecule has 0 aliphatic heterocycles. The molecule has 0 spiro atoms. The Morgan fingerprint density at radius 1 is 1.05 bits per heavy atom. The average molecular weight is 303 g/mol. The third kappa shape index (κ3) is 1.83. The van der Waals surface area contributed by atoms with E-state index in [-0.39, 0.29) is 39.7 Å². The molecule has 2 aromatic rings. The minimum Gasteiger partial charge on any atom is -0.507 e. The van der Waals surface area contributed by atoms with E-state index in [4.69, 9.17) is 16.3 Å². The van der Waals surface area contributed by atoms with Crippen molar-refractivity contribution in [2.24, 2.45) is 0 Å². The number of carbonyl (C=O) groups is 2. The van der Waals surface area contributed by atoms with E-state index in [9.17, 15) is 14.7 Å². The summed E-state index contributed by atoms with van der Waals surface area (Å²) in [7, 11) is 1.44. The van der Waals surface area contributed by atoms with Crippen LogP contribution in [0.2, 0.25) is 0 Å². The van der Waals surface area contributed by atoms with Crippen molar-refractivity contribution in [2.45, 2.75) is 5.88 Å². The van der Waals surface area contributed by atoms with E-state index < -0.39 is 5.78 Å². The van der Waals surface area contributed by atoms with Gasteiger partial charge in [-0.15, -0.1) is 11.6 Å². The molecule has 106 valence electrons. The number of carbonyl (C=O) groups excluding carboxylic acids is 2. The highest BCUT2D eigenvalue weighted by Crippen LogP contribution is 2.38. The molecule has 0 saturated heterocycles. The zero-order valence-corrected chi connectivity index (χ0v) is 11.9. The van der Waals surface area contributed by atoms with Crippen molar-refractivity contribution in [1.29, 1.82) is 0 Å². The van der Waals surface area contributed by atoms with Gasteiger partial charge in [0.1, 0.15) is 11.5 Å². The van der Waals surface area contributed by atoms with Gasteiger partial charge < -0.3 is 9.84 Å². The Bertz CT molecular complexity index is 780. The summed E-state index contributed by atoms with van der Waals surface area (Å²) in [6, 6.07) is 7.88. The fourth-order valence-corrected chi connectivity index (χ4v) is 2.77. The van der Waals surface area contributed by atoms with E-state index in [1.165, 1.54) is 13.2 Å². The summed E-state index contributed by atoms with van der Waals surface area (Å²) < 4.78 is 5.16. The number of ether oxygens (including phenoxy) is 1. The zero-order valence-electron chi connectivity index (χ0n) is 11.1. The number of ketones is 2. The van der Waals surface area contributed by atoms with Crippen molar-refractivity contribution >= 4 is 23.2 Å². The van der Waals surface area contributed by atoms with E-state index in [2.05, 4.69) is 0 Å². The van der Waals surface area contributed by atoms with Gasteiger partial charge in [-0.1, -0.05) is 18.2 Å². The SMILES string of the molecule is COc1cccc2c1C(=O)c1ccc(CCl)c(O)c1C2=O. The summed E-state index contributed by atoms with van der Waals surface area (Å²) in [5, 5.41) is 10.2. The largest absolute Gasteiger partial charge is 0.507 e. The lowest BCUT2D eigenvalue weighted by atomic mass is 9.82. The van der Waals surface area contributed by atoms with Gasteiger partial charge in [0, 0.05) is 16.7 Å². The predicted octanol–water partition coefficient (Wildman–Crippen LogP) is 2.92. The fraction of sp³-hybridized carbons (Fsp3) is 0.125. The Hall–Kier alpha value is -2.33. The monoisotopic (exact) mass is 302 g/mol. The predicted molar refractivity (Wildman–Crippen MR) is 77.5 cm³/mol. The summed E-state index contributed by atoms with van der Waals surface area (Å²) >= 11 is 5.73. The second-order valence-corrected chi connectivity index (χ2v) is 4.94. The van der Waals surface area contributed by atoms with Crippen molar-refractivity contribution in [1.82, 2.24) is 0 Å². The Morgan fingerprint density at radius 3 is 2.38 bits per heavy atom. The molecule has 21 heavy (non-hydrogen) atoms. The smallest absolute Gasteiger partial charge is 0.198 e. The highest BCUT2D eigenvalue weighted by Gasteiger charge is 2.34. The van der Waals surface area contributed by atoms with Crippen LogP contribution < -0.4 is 4.74 Å². The van der Waals surface area contributed by atoms with Crippen LogP contribution in [0, 0.1) is 0 Å². The maximum atomic E-state index is 12.6. The maximum Gasteiger partial charge on any atom is 0.198 e. The molecule has 0 fully saturated rings. The molecule has 0 radical (unpaired) electrons. The number of phenolic OH excluding ortho intramolecular Hbond substituents is 1. The van der Waals surface area contributed by atoms with Gasteiger partial charge in [-0.3, -0.25) is 9.59 Å². The maximum absolute atomic E-state index is 12.6. The number of hydrogen-bond donors (Lipinski definition) is 1. The lowest BCUT2D eigenvalue weighted by molar-refractivity contribution is 0.0974. The number of halogens is 1. The summed E-state index contributed by atoms with van der Waals surface area (Å²) in [4.78, 5) is 25.2. The van der Waals surface area contributed by atoms with E-state index in [1.54, 1.807) is 24.3 Å². The lowest BCUT2D eigenvalue weighted by Gasteiger charge is -2.21. The molecule has 0 atom stereocenters. The van der Waals surface area contributed by atoms with Crippen molar-refractivity contribution in [3.63, 3.8) is 0 Å². The second kappa shape index (κ2) is 4.90. The van der Waals surface area contributed by atoms with Crippen molar-refractivity contribution in [2.75, 3.05) is 7.11 Å². The van der Waals surface area contributed by atoms with Gasteiger partial charge in [-0.05, 0) is 12.1 Å². The minimum atomic E-state index is -0.400. The van der Waals surface area contributed by atoms with Crippen LogP contribution in [0.5, 0.6) is 11.5 Å². The summed E-state index contributed by atoms with van der Waals surface area (Å²) in [5.74, 6) is -0.561. The third-order valence-electron chi connectivity index (χ3n) is 3.59. The van der Waals surface area contributed by atoms with Gasteiger partial charge in [0.2, 0.25) is 0 Å². The molecule has 1 N–H and O–H groups in total. The van der Waals surface area contributed by atoms with E-state index in [0.717, 1.165) is 0 Å². The average Bonchev–Trinajstić information content (AvgIpc) is 2.51. The quantitative estimate of drug-likeness (QED) is 0.739. The number of fused-ring (bicyclic) bond motifs is 2. The molecule has 0 aromatic heterocycles. The molecule has 1 aliphatic carbocycles. The molecule has 0 saturated carbocycles. The molecule has 0 heterocycles. The van der Waals surface area contributed by atoms with E-state index >= 15 is 0 Å². The van der Waals surface area contributed by atoms with Crippen LogP contribution in [0.4, 0.5) is 0 Å². The number of aromatic hydroxyl groups is 1. The first kappa shape index (κ1) is 13.6. The number of methoxy groups -OCH3 is 1. The standard InChI is InChI=1S/C16H11ClO4/c1-21-11-4-2-3-9-12(11)15(19)10-6-5-8(7-17)14(18)13(10)16(9)20/h2-6,18H,7H2,1H3. The van der Waals surface area contributed by atoms with Crippen LogP contribution in [0.25, 0.3) is 0 Å². The lowest BCUT2D eigenvalue weighted by Crippen LogP contribution is -2.22. The van der Waals surface area contributed by atoms with Crippen molar-refractivity contribution in [3.8, 4) is 11.5 Å². The first-order valence-corrected chi connectivity index (χ1v) is 6.80. The van der Waals surface area contributed by atoms with Gasteiger partial charge in [0.05, 0.1) is 24.1 Å². The molecular formula is C16H11ClO4. The van der Waals surface area contributed by atoms with Crippen LogP contribution in [-0.4, -0.2) is 23.8 Å². The van der Waals surface area contributed by atoms with Crippen LogP contribution in [0.3, 0.4) is 0 Å². The molecular weight excluding hydrogens is 292 g/mol. The first-order valence-electron chi connectivity index (χ1n) is 6.27. The van der Waals surface area contributed by atoms with E-state index in [1.807, 2.05) is 0 Å². The highest BCUT2D eigenvalue weighted by atomic mass is 35.5. The van der Waals surface area contributed by atoms with Gasteiger partial charge in [0.25, 0.3) is 0 Å². The molecule has 3 rings (SSSR count). The van der Waals surface area contributed by atoms with Gasteiger partial charge in [-0.2, -0.15) is 0 Å². The molecule has 5 heteroatoms. The van der Waals surface area contributed by atoms with Gasteiger partial charge >= 0.3 is 0 Å². The molecule has 0 unspecified atom stereocenters. The minimum absolute atomic E-state index is 0.0129. The highest BCUT2D eigenvalue weighted by molar-refractivity contribution is 6.30. The van der Waals surface area contributed by atoms with Crippen molar-refractivity contribution < 1.29 is 19.4 Å². The number of alkyl halides is 1. The second-order valence-electron chi connectivity index (χ2n) is 4.67. The van der Waals surface area contributed by atoms with Crippen LogP contribution in [-0.2, 0) is 5.88 Å². The van der Waals surface area contributed by atoms with Crippen molar-refractivity contribution in [3.05, 3.63) is 58.1 Å². The Kier molecular flexibility index (Phi) is 3.18. The third-order valence-corrected chi connectivity index (χ3v) is 3.88.